The van der Waals surface area contributed by atoms with Crippen LogP contribution < -0.4 is 18.9 Å². The molecule has 1 aliphatic rings. The molecule has 0 saturated heterocycles. The molecular formula is C25H27NO5. The van der Waals surface area contributed by atoms with E-state index in [1.807, 2.05) is 31.2 Å². The molecule has 1 heterocycles. The molecule has 6 nitrogen and oxygen atoms in total. The Balaban J connectivity index is 2.17. The van der Waals surface area contributed by atoms with Crippen molar-refractivity contribution < 1.29 is 24.1 Å². The van der Waals surface area contributed by atoms with E-state index in [4.69, 9.17) is 23.9 Å². The van der Waals surface area contributed by atoms with E-state index >= 15 is 0 Å². The number of aliphatic imine (C=N–C) groups is 1. The van der Waals surface area contributed by atoms with E-state index in [-0.39, 0.29) is 11.8 Å². The maximum atomic E-state index is 11.1. The monoisotopic (exact) mass is 421 g/mol. The second-order valence-corrected chi connectivity index (χ2v) is 7.64. The lowest BCUT2D eigenvalue weighted by Crippen LogP contribution is -2.18. The van der Waals surface area contributed by atoms with Crippen molar-refractivity contribution in [3.63, 3.8) is 0 Å². The van der Waals surface area contributed by atoms with Crippen molar-refractivity contribution >= 4 is 16.5 Å². The molecule has 0 bridgehead atoms. The fraction of sp³-hybridized carbons (Fsp3) is 0.320. The van der Waals surface area contributed by atoms with Crippen LogP contribution in [0.2, 0.25) is 0 Å². The van der Waals surface area contributed by atoms with Crippen LogP contribution in [0, 0.1) is 0 Å². The molecule has 1 N–H and O–H groups in total. The van der Waals surface area contributed by atoms with E-state index < -0.39 is 0 Å². The van der Waals surface area contributed by atoms with E-state index in [9.17, 15) is 5.11 Å². The van der Waals surface area contributed by atoms with E-state index in [2.05, 4.69) is 6.92 Å². The molecule has 0 fully saturated rings. The molecule has 0 spiro atoms. The van der Waals surface area contributed by atoms with Crippen LogP contribution in [-0.2, 0) is 6.42 Å². The van der Waals surface area contributed by atoms with Crippen LogP contribution in [0.25, 0.3) is 21.9 Å². The number of ether oxygens (including phenoxy) is 4. The summed E-state index contributed by atoms with van der Waals surface area (Å²) in [6, 6.07) is 9.49. The highest BCUT2D eigenvalue weighted by molar-refractivity contribution is 6.11. The second kappa shape index (κ2) is 8.02. The molecule has 1 atom stereocenters. The fourth-order valence-corrected chi connectivity index (χ4v) is 4.60. The van der Waals surface area contributed by atoms with Gasteiger partial charge in [-0.2, -0.15) is 0 Å². The van der Waals surface area contributed by atoms with E-state index in [0.717, 1.165) is 34.0 Å². The van der Waals surface area contributed by atoms with Crippen LogP contribution >= 0.6 is 0 Å². The number of benzene rings is 3. The van der Waals surface area contributed by atoms with Crippen LogP contribution in [0.1, 0.15) is 25.0 Å². The molecule has 4 rings (SSSR count). The predicted octanol–water partition coefficient (Wildman–Crippen LogP) is 5.00. The van der Waals surface area contributed by atoms with Crippen molar-refractivity contribution in [2.45, 2.75) is 26.3 Å². The van der Waals surface area contributed by atoms with Gasteiger partial charge in [0.2, 0.25) is 0 Å². The summed E-state index contributed by atoms with van der Waals surface area (Å²) in [7, 11) is 6.44. The molecule has 3 aromatic carbocycles. The number of phenolic OH excluding ortho intramolecular Hbond substituents is 1. The molecule has 0 aliphatic carbocycles. The molecule has 0 unspecified atom stereocenters. The fourth-order valence-electron chi connectivity index (χ4n) is 4.60. The lowest BCUT2D eigenvalue weighted by atomic mass is 9.87. The molecular weight excluding hydrogens is 394 g/mol. The smallest absolute Gasteiger partial charge is 0.139 e. The molecule has 6 heteroatoms. The van der Waals surface area contributed by atoms with Crippen molar-refractivity contribution in [2.24, 2.45) is 4.99 Å². The Kier molecular flexibility index (Phi) is 5.39. The number of rotatable bonds is 5. The highest BCUT2D eigenvalue weighted by Crippen LogP contribution is 2.52. The Morgan fingerprint density at radius 1 is 0.871 bits per heavy atom. The maximum absolute atomic E-state index is 11.1. The lowest BCUT2D eigenvalue weighted by molar-refractivity contribution is 0.393. The average Bonchev–Trinajstić information content (AvgIpc) is 2.76. The minimum Gasteiger partial charge on any atom is -0.507 e. The summed E-state index contributed by atoms with van der Waals surface area (Å²) in [5.74, 6) is 2.50. The zero-order valence-electron chi connectivity index (χ0n) is 18.7. The van der Waals surface area contributed by atoms with Crippen molar-refractivity contribution in [3.05, 3.63) is 41.5 Å². The number of phenols is 1. The SMILES string of the molecule is COc1cc2c(c(OC)c1-c1c(O)cc(OC)c3c(OC)cccc13)C(C)=N[C@H](C)C2. The summed E-state index contributed by atoms with van der Waals surface area (Å²) >= 11 is 0. The normalized spacial score (nSPS) is 15.3. The lowest BCUT2D eigenvalue weighted by Gasteiger charge is -2.26. The van der Waals surface area contributed by atoms with Gasteiger partial charge >= 0.3 is 0 Å². The summed E-state index contributed by atoms with van der Waals surface area (Å²) in [6.07, 6.45) is 0.794. The van der Waals surface area contributed by atoms with Gasteiger partial charge in [0.05, 0.1) is 45.4 Å². The van der Waals surface area contributed by atoms with Crippen LogP contribution in [0.4, 0.5) is 0 Å². The minimum atomic E-state index is 0.0629. The topological polar surface area (TPSA) is 69.5 Å². The first-order valence-corrected chi connectivity index (χ1v) is 10.1. The van der Waals surface area contributed by atoms with Crippen molar-refractivity contribution in [3.8, 4) is 39.9 Å². The van der Waals surface area contributed by atoms with Crippen LogP contribution in [0.5, 0.6) is 28.7 Å². The highest BCUT2D eigenvalue weighted by atomic mass is 16.5. The summed E-state index contributed by atoms with van der Waals surface area (Å²) in [6.45, 7) is 4.08. The van der Waals surface area contributed by atoms with Gasteiger partial charge in [-0.1, -0.05) is 12.1 Å². The molecule has 31 heavy (non-hydrogen) atoms. The van der Waals surface area contributed by atoms with Crippen molar-refractivity contribution in [2.75, 3.05) is 28.4 Å². The molecule has 0 aromatic heterocycles. The third kappa shape index (κ3) is 3.23. The van der Waals surface area contributed by atoms with Crippen LogP contribution in [0.15, 0.2) is 35.3 Å². The quantitative estimate of drug-likeness (QED) is 0.628. The summed E-state index contributed by atoms with van der Waals surface area (Å²) in [5.41, 5.74) is 4.24. The van der Waals surface area contributed by atoms with Gasteiger partial charge in [0.1, 0.15) is 28.7 Å². The van der Waals surface area contributed by atoms with E-state index in [1.165, 1.54) is 0 Å². The van der Waals surface area contributed by atoms with Crippen LogP contribution in [0.3, 0.4) is 0 Å². The number of fused-ring (bicyclic) bond motifs is 2. The number of hydrogen-bond donors (Lipinski definition) is 1. The minimum absolute atomic E-state index is 0.0629. The molecule has 1 aliphatic heterocycles. The zero-order chi connectivity index (χ0) is 22.3. The van der Waals surface area contributed by atoms with Gasteiger partial charge in [0.15, 0.2) is 0 Å². The Morgan fingerprint density at radius 2 is 1.58 bits per heavy atom. The van der Waals surface area contributed by atoms with Gasteiger partial charge in [-0.3, -0.25) is 4.99 Å². The predicted molar refractivity (Wildman–Crippen MR) is 123 cm³/mol. The number of methoxy groups -OCH3 is 4. The largest absolute Gasteiger partial charge is 0.507 e. The van der Waals surface area contributed by atoms with Crippen LogP contribution in [-0.4, -0.2) is 45.3 Å². The van der Waals surface area contributed by atoms with Gasteiger partial charge < -0.3 is 24.1 Å². The Morgan fingerprint density at radius 3 is 2.23 bits per heavy atom. The third-order valence-corrected chi connectivity index (χ3v) is 5.80. The second-order valence-electron chi connectivity index (χ2n) is 7.64. The van der Waals surface area contributed by atoms with Gasteiger partial charge in [-0.25, -0.2) is 0 Å². The van der Waals surface area contributed by atoms with Gasteiger partial charge in [-0.05, 0) is 38.0 Å². The van der Waals surface area contributed by atoms with Gasteiger partial charge in [-0.15, -0.1) is 0 Å². The van der Waals surface area contributed by atoms with E-state index in [0.29, 0.717) is 34.1 Å². The first-order chi connectivity index (χ1) is 14.9. The van der Waals surface area contributed by atoms with Crippen molar-refractivity contribution in [1.29, 1.82) is 0 Å². The first kappa shape index (κ1) is 20.8. The Bertz CT molecular complexity index is 1200. The maximum Gasteiger partial charge on any atom is 0.139 e. The zero-order valence-corrected chi connectivity index (χ0v) is 18.7. The summed E-state index contributed by atoms with van der Waals surface area (Å²) < 4.78 is 22.9. The first-order valence-electron chi connectivity index (χ1n) is 10.1. The molecule has 3 aromatic rings. The Hall–Kier alpha value is -3.41. The highest BCUT2D eigenvalue weighted by Gasteiger charge is 2.29. The van der Waals surface area contributed by atoms with Gasteiger partial charge in [0.25, 0.3) is 0 Å². The Labute approximate surface area is 182 Å². The third-order valence-electron chi connectivity index (χ3n) is 5.80. The van der Waals surface area contributed by atoms with Gasteiger partial charge in [0, 0.05) is 28.3 Å². The summed E-state index contributed by atoms with van der Waals surface area (Å²) in [4.78, 5) is 4.76. The molecule has 162 valence electrons. The molecule has 0 saturated carbocycles. The summed E-state index contributed by atoms with van der Waals surface area (Å²) in [5, 5.41) is 12.7. The number of aromatic hydroxyl groups is 1. The molecule has 0 amide bonds. The number of nitrogens with zero attached hydrogens (tertiary/aromatic N) is 1. The standard InChI is InChI=1S/C25H27NO5/c1-13-10-15-11-19(29-4)24(25(31-6)21(15)14(2)26-13)22-16-8-7-9-18(28-3)23(16)20(30-5)12-17(22)27/h7-9,11-13,27H,10H2,1-6H3/t13-/m1/s1. The van der Waals surface area contributed by atoms with Crippen molar-refractivity contribution in [1.82, 2.24) is 0 Å². The average molecular weight is 421 g/mol. The number of hydrogen-bond acceptors (Lipinski definition) is 6. The van der Waals surface area contributed by atoms with E-state index in [1.54, 1.807) is 34.5 Å². The molecule has 0 radical (unpaired) electrons.